The summed E-state index contributed by atoms with van der Waals surface area (Å²) in [6.07, 6.45) is 0. The average molecular weight is 424 g/mol. The van der Waals surface area contributed by atoms with Gasteiger partial charge in [-0.2, -0.15) is 4.31 Å². The molecule has 0 atom stereocenters. The Morgan fingerprint density at radius 3 is 2.64 bits per heavy atom. The molecule has 1 saturated heterocycles. The van der Waals surface area contributed by atoms with Gasteiger partial charge in [-0.15, -0.1) is 11.3 Å². The standard InChI is InChI=1S/C19H25N3O4S2/c1-15-5-3-4-6-16(15)14-21(2)19(23)20-13-17-7-8-18(27-17)28(24,25)22-9-11-26-12-10-22/h3-8H,9-14H2,1-2H3,(H,20,23). The second-order valence-corrected chi connectivity index (χ2v) is 10.0. The summed E-state index contributed by atoms with van der Waals surface area (Å²) in [5, 5.41) is 2.85. The molecule has 2 amide bonds. The maximum atomic E-state index is 12.7. The van der Waals surface area contributed by atoms with E-state index in [2.05, 4.69) is 5.32 Å². The van der Waals surface area contributed by atoms with Crippen LogP contribution in [0, 0.1) is 6.92 Å². The molecule has 2 aromatic rings. The van der Waals surface area contributed by atoms with Crippen LogP contribution in [0.4, 0.5) is 4.79 Å². The lowest BCUT2D eigenvalue weighted by Gasteiger charge is -2.25. The first-order valence-electron chi connectivity index (χ1n) is 9.08. The van der Waals surface area contributed by atoms with E-state index in [1.165, 1.54) is 15.6 Å². The molecule has 0 bridgehead atoms. The molecule has 9 heteroatoms. The minimum absolute atomic E-state index is 0.200. The van der Waals surface area contributed by atoms with Gasteiger partial charge in [-0.3, -0.25) is 0 Å². The molecule has 1 aromatic heterocycles. The van der Waals surface area contributed by atoms with Crippen LogP contribution in [0.2, 0.25) is 0 Å². The van der Waals surface area contributed by atoms with Crippen molar-refractivity contribution in [1.82, 2.24) is 14.5 Å². The Kier molecular flexibility index (Phi) is 6.71. The summed E-state index contributed by atoms with van der Waals surface area (Å²) in [7, 11) is -1.75. The van der Waals surface area contributed by atoms with Crippen LogP contribution in [0.1, 0.15) is 16.0 Å². The molecule has 1 fully saturated rings. The molecule has 3 rings (SSSR count). The fraction of sp³-hybridized carbons (Fsp3) is 0.421. The number of benzene rings is 1. The van der Waals surface area contributed by atoms with Gasteiger partial charge in [-0.1, -0.05) is 24.3 Å². The van der Waals surface area contributed by atoms with Crippen LogP contribution in [0.25, 0.3) is 0 Å². The molecular weight excluding hydrogens is 398 g/mol. The van der Waals surface area contributed by atoms with Gasteiger partial charge in [0.25, 0.3) is 10.0 Å². The topological polar surface area (TPSA) is 79.0 Å². The minimum Gasteiger partial charge on any atom is -0.379 e. The van der Waals surface area contributed by atoms with Crippen molar-refractivity contribution >= 4 is 27.4 Å². The first kappa shape index (κ1) is 20.8. The Labute approximate surface area is 170 Å². The molecule has 2 heterocycles. The van der Waals surface area contributed by atoms with E-state index in [0.29, 0.717) is 43.6 Å². The second kappa shape index (κ2) is 9.04. The lowest BCUT2D eigenvalue weighted by Crippen LogP contribution is -2.40. The Morgan fingerprint density at radius 2 is 1.93 bits per heavy atom. The number of ether oxygens (including phenoxy) is 1. The fourth-order valence-electron chi connectivity index (χ4n) is 2.92. The van der Waals surface area contributed by atoms with Gasteiger partial charge >= 0.3 is 6.03 Å². The first-order valence-corrected chi connectivity index (χ1v) is 11.3. The summed E-state index contributed by atoms with van der Waals surface area (Å²) in [5.74, 6) is 0. The number of hydrogen-bond acceptors (Lipinski definition) is 5. The SMILES string of the molecule is Cc1ccccc1CN(C)C(=O)NCc1ccc(S(=O)(=O)N2CCOCC2)s1. The molecular formula is C19H25N3O4S2. The van der Waals surface area contributed by atoms with Crippen molar-refractivity contribution in [1.29, 1.82) is 0 Å². The quantitative estimate of drug-likeness (QED) is 0.774. The zero-order chi connectivity index (χ0) is 20.1. The highest BCUT2D eigenvalue weighted by Gasteiger charge is 2.27. The predicted molar refractivity (Wildman–Crippen MR) is 109 cm³/mol. The molecule has 1 N–H and O–H groups in total. The normalized spacial score (nSPS) is 15.4. The monoisotopic (exact) mass is 423 g/mol. The highest BCUT2D eigenvalue weighted by Crippen LogP contribution is 2.25. The lowest BCUT2D eigenvalue weighted by atomic mass is 10.1. The predicted octanol–water partition coefficient (Wildman–Crippen LogP) is 2.42. The molecule has 28 heavy (non-hydrogen) atoms. The van der Waals surface area contributed by atoms with E-state index in [1.54, 1.807) is 24.1 Å². The van der Waals surface area contributed by atoms with E-state index in [1.807, 2.05) is 31.2 Å². The number of carbonyl (C=O) groups excluding carboxylic acids is 1. The van der Waals surface area contributed by atoms with Gasteiger partial charge in [0, 0.05) is 31.6 Å². The number of sulfonamides is 1. The molecule has 152 valence electrons. The second-order valence-electron chi connectivity index (χ2n) is 6.68. The Morgan fingerprint density at radius 1 is 1.21 bits per heavy atom. The molecule has 0 aliphatic carbocycles. The van der Waals surface area contributed by atoms with Crippen LogP contribution in [0.5, 0.6) is 0 Å². The van der Waals surface area contributed by atoms with Crippen molar-refractivity contribution < 1.29 is 17.9 Å². The van der Waals surface area contributed by atoms with Gasteiger partial charge in [0.2, 0.25) is 0 Å². The maximum absolute atomic E-state index is 12.7. The van der Waals surface area contributed by atoms with Crippen molar-refractivity contribution in [3.63, 3.8) is 0 Å². The highest BCUT2D eigenvalue weighted by atomic mass is 32.2. The van der Waals surface area contributed by atoms with E-state index >= 15 is 0 Å². The van der Waals surface area contributed by atoms with Crippen molar-refractivity contribution in [2.75, 3.05) is 33.4 Å². The number of carbonyl (C=O) groups is 1. The number of amides is 2. The number of nitrogens with zero attached hydrogens (tertiary/aromatic N) is 2. The number of thiophene rings is 1. The van der Waals surface area contributed by atoms with Crippen molar-refractivity contribution in [2.45, 2.75) is 24.2 Å². The van der Waals surface area contributed by atoms with Crippen molar-refractivity contribution in [2.24, 2.45) is 0 Å². The Bertz CT molecular complexity index is 921. The van der Waals surface area contributed by atoms with Gasteiger partial charge in [-0.05, 0) is 30.2 Å². The van der Waals surface area contributed by atoms with Crippen LogP contribution in [0.15, 0.2) is 40.6 Å². The van der Waals surface area contributed by atoms with E-state index in [9.17, 15) is 13.2 Å². The van der Waals surface area contributed by atoms with Crippen LogP contribution < -0.4 is 5.32 Å². The number of rotatable bonds is 6. The number of hydrogen-bond donors (Lipinski definition) is 1. The number of urea groups is 1. The highest BCUT2D eigenvalue weighted by molar-refractivity contribution is 7.91. The van der Waals surface area contributed by atoms with Gasteiger partial charge in [0.1, 0.15) is 4.21 Å². The van der Waals surface area contributed by atoms with Crippen molar-refractivity contribution in [3.8, 4) is 0 Å². The van der Waals surface area contributed by atoms with Crippen molar-refractivity contribution in [3.05, 3.63) is 52.4 Å². The Balaban J connectivity index is 1.56. The summed E-state index contributed by atoms with van der Waals surface area (Å²) in [6, 6.07) is 11.1. The number of morpholine rings is 1. The summed E-state index contributed by atoms with van der Waals surface area (Å²) in [6.45, 7) is 4.40. The summed E-state index contributed by atoms with van der Waals surface area (Å²) >= 11 is 1.19. The molecule has 1 aromatic carbocycles. The molecule has 0 spiro atoms. The third-order valence-corrected chi connectivity index (χ3v) is 8.08. The third-order valence-electron chi connectivity index (χ3n) is 4.63. The summed E-state index contributed by atoms with van der Waals surface area (Å²) in [4.78, 5) is 14.8. The maximum Gasteiger partial charge on any atom is 0.317 e. The van der Waals surface area contributed by atoms with E-state index in [0.717, 1.165) is 16.0 Å². The van der Waals surface area contributed by atoms with Gasteiger partial charge < -0.3 is 15.0 Å². The van der Waals surface area contributed by atoms with Crippen LogP contribution in [-0.2, 0) is 27.8 Å². The largest absolute Gasteiger partial charge is 0.379 e. The number of nitrogens with one attached hydrogen (secondary N) is 1. The zero-order valence-electron chi connectivity index (χ0n) is 16.1. The minimum atomic E-state index is -3.49. The van der Waals surface area contributed by atoms with Crippen LogP contribution in [-0.4, -0.2) is 57.0 Å². The van der Waals surface area contributed by atoms with E-state index < -0.39 is 10.0 Å². The van der Waals surface area contributed by atoms with E-state index in [4.69, 9.17) is 4.74 Å². The fourth-order valence-corrected chi connectivity index (χ4v) is 5.78. The van der Waals surface area contributed by atoms with Crippen LogP contribution in [0.3, 0.4) is 0 Å². The first-order chi connectivity index (χ1) is 13.4. The molecule has 7 nitrogen and oxygen atoms in total. The third kappa shape index (κ3) is 4.91. The zero-order valence-corrected chi connectivity index (χ0v) is 17.7. The van der Waals surface area contributed by atoms with Crippen LogP contribution >= 0.6 is 11.3 Å². The molecule has 1 aliphatic heterocycles. The molecule has 0 unspecified atom stereocenters. The van der Waals surface area contributed by atoms with Gasteiger partial charge in [0.05, 0.1) is 19.8 Å². The lowest BCUT2D eigenvalue weighted by molar-refractivity contribution is 0.0731. The molecule has 0 saturated carbocycles. The molecule has 1 aliphatic rings. The summed E-state index contributed by atoms with van der Waals surface area (Å²) in [5.41, 5.74) is 2.23. The number of aryl methyl sites for hydroxylation is 1. The average Bonchev–Trinajstić information content (AvgIpc) is 3.18. The smallest absolute Gasteiger partial charge is 0.317 e. The van der Waals surface area contributed by atoms with E-state index in [-0.39, 0.29) is 6.03 Å². The summed E-state index contributed by atoms with van der Waals surface area (Å²) < 4.78 is 32.3. The molecule has 0 radical (unpaired) electrons. The van der Waals surface area contributed by atoms with Gasteiger partial charge in [-0.25, -0.2) is 13.2 Å². The van der Waals surface area contributed by atoms with Gasteiger partial charge in [0.15, 0.2) is 0 Å². The Hall–Kier alpha value is -1.94.